The fourth-order valence-electron chi connectivity index (χ4n) is 3.36. The number of carbonyl (C=O) groups excluding carboxylic acids is 1. The van der Waals surface area contributed by atoms with Crippen LogP contribution >= 0.6 is 23.2 Å². The van der Waals surface area contributed by atoms with Crippen molar-refractivity contribution < 1.29 is 14.6 Å². The van der Waals surface area contributed by atoms with E-state index in [4.69, 9.17) is 27.9 Å². The molecule has 2 N–H and O–H groups in total. The van der Waals surface area contributed by atoms with Crippen LogP contribution in [0, 0.1) is 0 Å². The monoisotopic (exact) mass is 403 g/mol. The Bertz CT molecular complexity index is 1030. The number of benzene rings is 2. The van der Waals surface area contributed by atoms with Crippen molar-refractivity contribution in [1.29, 1.82) is 0 Å². The molecule has 0 radical (unpaired) electrons. The van der Waals surface area contributed by atoms with Crippen LogP contribution in [0.2, 0.25) is 10.0 Å². The fraction of sp³-hybridized carbons (Fsp3) is 0.158. The third-order valence-corrected chi connectivity index (χ3v) is 5.25. The minimum absolute atomic E-state index is 0.124. The average Bonchev–Trinajstić information content (AvgIpc) is 3.06. The molecule has 2 aromatic carbocycles. The number of para-hydroxylation sites is 1. The molecule has 0 aliphatic carbocycles. The van der Waals surface area contributed by atoms with Crippen LogP contribution in [0.3, 0.4) is 0 Å². The first kappa shape index (κ1) is 17.7. The van der Waals surface area contributed by atoms with E-state index in [0.29, 0.717) is 11.4 Å². The van der Waals surface area contributed by atoms with Crippen LogP contribution in [-0.2, 0) is 4.79 Å². The molecule has 1 aromatic heterocycles. The summed E-state index contributed by atoms with van der Waals surface area (Å²) in [6.07, 6.45) is 1.85. The molecule has 3 aromatic rings. The van der Waals surface area contributed by atoms with Gasteiger partial charge in [-0.2, -0.15) is 5.10 Å². The van der Waals surface area contributed by atoms with E-state index in [9.17, 15) is 9.90 Å². The van der Waals surface area contributed by atoms with Gasteiger partial charge in [0, 0.05) is 34.6 Å². The number of nitrogens with one attached hydrogen (secondary N) is 1. The maximum absolute atomic E-state index is 12.4. The van der Waals surface area contributed by atoms with Crippen LogP contribution in [0.25, 0.3) is 5.69 Å². The zero-order valence-corrected chi connectivity index (χ0v) is 15.8. The summed E-state index contributed by atoms with van der Waals surface area (Å²) < 4.78 is 6.86. The predicted molar refractivity (Wildman–Crippen MR) is 103 cm³/mol. The van der Waals surface area contributed by atoms with E-state index in [2.05, 4.69) is 10.4 Å². The summed E-state index contributed by atoms with van der Waals surface area (Å²) in [5.74, 6) is -0.0533. The second-order valence-electron chi connectivity index (χ2n) is 6.14. The summed E-state index contributed by atoms with van der Waals surface area (Å²) in [4.78, 5) is 12.4. The summed E-state index contributed by atoms with van der Waals surface area (Å²) in [6, 6.07) is 10.9. The van der Waals surface area contributed by atoms with Gasteiger partial charge >= 0.3 is 0 Å². The van der Waals surface area contributed by atoms with E-state index in [1.165, 1.54) is 13.2 Å². The summed E-state index contributed by atoms with van der Waals surface area (Å²) >= 11 is 12.8. The minimum Gasteiger partial charge on any atom is -0.504 e. The van der Waals surface area contributed by atoms with E-state index >= 15 is 0 Å². The van der Waals surface area contributed by atoms with E-state index < -0.39 is 5.92 Å². The zero-order valence-electron chi connectivity index (χ0n) is 14.2. The van der Waals surface area contributed by atoms with Gasteiger partial charge in [-0.1, -0.05) is 41.4 Å². The highest BCUT2D eigenvalue weighted by Crippen LogP contribution is 2.49. The molecular weight excluding hydrogens is 389 g/mol. The molecule has 0 saturated heterocycles. The van der Waals surface area contributed by atoms with Gasteiger partial charge in [0.2, 0.25) is 5.91 Å². The van der Waals surface area contributed by atoms with E-state index in [0.717, 1.165) is 11.3 Å². The molecule has 8 heteroatoms. The summed E-state index contributed by atoms with van der Waals surface area (Å²) in [6.45, 7) is 0. The van der Waals surface area contributed by atoms with E-state index in [-0.39, 0.29) is 33.9 Å². The van der Waals surface area contributed by atoms with Gasteiger partial charge in [0.1, 0.15) is 5.82 Å². The number of aromatic hydroxyl groups is 1. The summed E-state index contributed by atoms with van der Waals surface area (Å²) in [5.41, 5.74) is 2.13. The molecule has 6 nitrogen and oxygen atoms in total. The lowest BCUT2D eigenvalue weighted by atomic mass is 9.87. The molecule has 0 saturated carbocycles. The summed E-state index contributed by atoms with van der Waals surface area (Å²) in [7, 11) is 1.41. The molecular formula is C19H15Cl2N3O3. The van der Waals surface area contributed by atoms with E-state index in [1.807, 2.05) is 30.3 Å². The number of phenols is 1. The number of carbonyl (C=O) groups is 1. The number of phenolic OH excluding ortho intramolecular Hbond substituents is 1. The van der Waals surface area contributed by atoms with Gasteiger partial charge < -0.3 is 15.2 Å². The number of methoxy groups -OCH3 is 1. The van der Waals surface area contributed by atoms with Gasteiger partial charge in [0.25, 0.3) is 0 Å². The number of anilines is 1. The number of aromatic nitrogens is 2. The van der Waals surface area contributed by atoms with Crippen LogP contribution in [0.15, 0.2) is 42.6 Å². The predicted octanol–water partition coefficient (Wildman–Crippen LogP) is 4.37. The van der Waals surface area contributed by atoms with Crippen LogP contribution in [0.5, 0.6) is 11.5 Å². The topological polar surface area (TPSA) is 76.4 Å². The number of ether oxygens (including phenoxy) is 1. The maximum atomic E-state index is 12.4. The highest BCUT2D eigenvalue weighted by Gasteiger charge is 2.34. The van der Waals surface area contributed by atoms with Gasteiger partial charge in [0.15, 0.2) is 11.5 Å². The normalized spacial score (nSPS) is 16.0. The number of hydrogen-bond donors (Lipinski definition) is 2. The number of nitrogens with zero attached hydrogens (tertiary/aromatic N) is 2. The second-order valence-corrected chi connectivity index (χ2v) is 6.92. The smallest absolute Gasteiger partial charge is 0.226 e. The van der Waals surface area contributed by atoms with E-state index in [1.54, 1.807) is 10.9 Å². The van der Waals surface area contributed by atoms with Crippen molar-refractivity contribution in [3.8, 4) is 17.2 Å². The van der Waals surface area contributed by atoms with Crippen molar-refractivity contribution in [3.05, 3.63) is 63.8 Å². The van der Waals surface area contributed by atoms with Crippen LogP contribution < -0.4 is 10.1 Å². The average molecular weight is 404 g/mol. The lowest BCUT2D eigenvalue weighted by molar-refractivity contribution is -0.116. The van der Waals surface area contributed by atoms with Gasteiger partial charge in [-0.25, -0.2) is 4.68 Å². The van der Waals surface area contributed by atoms with Crippen molar-refractivity contribution in [3.63, 3.8) is 0 Å². The van der Waals surface area contributed by atoms with Gasteiger partial charge in [-0.15, -0.1) is 0 Å². The third-order valence-electron chi connectivity index (χ3n) is 4.56. The van der Waals surface area contributed by atoms with Crippen molar-refractivity contribution in [1.82, 2.24) is 9.78 Å². The number of halogens is 2. The summed E-state index contributed by atoms with van der Waals surface area (Å²) in [5, 5.41) is 17.8. The molecule has 0 spiro atoms. The molecule has 1 amide bonds. The van der Waals surface area contributed by atoms with Crippen molar-refractivity contribution in [2.24, 2.45) is 0 Å². The van der Waals surface area contributed by atoms with Crippen molar-refractivity contribution in [2.75, 3.05) is 12.4 Å². The van der Waals surface area contributed by atoms with Crippen molar-refractivity contribution in [2.45, 2.75) is 12.3 Å². The Labute approximate surface area is 165 Å². The lowest BCUT2D eigenvalue weighted by Gasteiger charge is -2.26. The molecule has 0 bridgehead atoms. The van der Waals surface area contributed by atoms with Crippen molar-refractivity contribution >= 4 is 34.9 Å². The van der Waals surface area contributed by atoms with Gasteiger partial charge in [-0.05, 0) is 12.1 Å². The standard InChI is InChI=1S/C19H15Cl2N3O3/c1-27-18-14(25)8-13(20)16(17(18)21)11-7-15(26)23-19-12(11)9-22-24(19)10-5-3-2-4-6-10/h2-6,8-9,11,25H,7H2,1H3,(H,23,26). The molecule has 1 aliphatic rings. The molecule has 1 aliphatic heterocycles. The molecule has 138 valence electrons. The first-order valence-corrected chi connectivity index (χ1v) is 8.95. The number of rotatable bonds is 3. The fourth-order valence-corrected chi connectivity index (χ4v) is 4.14. The Morgan fingerprint density at radius 3 is 2.74 bits per heavy atom. The number of fused-ring (bicyclic) bond motifs is 1. The Morgan fingerprint density at radius 1 is 1.30 bits per heavy atom. The first-order chi connectivity index (χ1) is 13.0. The highest BCUT2D eigenvalue weighted by atomic mass is 35.5. The molecule has 2 heterocycles. The van der Waals surface area contributed by atoms with Crippen LogP contribution in [0.1, 0.15) is 23.5 Å². The molecule has 27 heavy (non-hydrogen) atoms. The quantitative estimate of drug-likeness (QED) is 0.680. The zero-order chi connectivity index (χ0) is 19.1. The molecule has 4 rings (SSSR count). The second kappa shape index (κ2) is 6.79. The Morgan fingerprint density at radius 2 is 2.04 bits per heavy atom. The molecule has 1 atom stereocenters. The minimum atomic E-state index is -0.416. The Hall–Kier alpha value is -2.70. The van der Waals surface area contributed by atoms with Gasteiger partial charge in [-0.3, -0.25) is 4.79 Å². The Kier molecular flexibility index (Phi) is 4.45. The maximum Gasteiger partial charge on any atom is 0.226 e. The SMILES string of the molecule is COc1c(O)cc(Cl)c(C2CC(=O)Nc3c2cnn3-c2ccccc2)c1Cl. The van der Waals surface area contributed by atoms with Crippen LogP contribution in [0.4, 0.5) is 5.82 Å². The number of amides is 1. The third kappa shape index (κ3) is 2.91. The van der Waals surface area contributed by atoms with Crippen LogP contribution in [-0.4, -0.2) is 27.9 Å². The first-order valence-electron chi connectivity index (χ1n) is 8.19. The molecule has 0 fully saturated rings. The largest absolute Gasteiger partial charge is 0.504 e. The lowest BCUT2D eigenvalue weighted by Crippen LogP contribution is -2.25. The number of hydrogen-bond acceptors (Lipinski definition) is 4. The highest BCUT2D eigenvalue weighted by molar-refractivity contribution is 6.37. The molecule has 1 unspecified atom stereocenters. The Balaban J connectivity index is 1.89. The van der Waals surface area contributed by atoms with Gasteiger partial charge in [0.05, 0.1) is 24.0 Å².